The monoisotopic (exact) mass is 547 g/mol. The summed E-state index contributed by atoms with van der Waals surface area (Å²) in [5, 5.41) is 9.78. The number of carbonyl (C=O) groups is 2. The quantitative estimate of drug-likeness (QED) is 0.189. The molecule has 1 unspecified atom stereocenters. The van der Waals surface area contributed by atoms with E-state index >= 15 is 0 Å². The van der Waals surface area contributed by atoms with Crippen molar-refractivity contribution in [1.82, 2.24) is 20.9 Å². The number of nitrogens with zero attached hydrogens (tertiary/aromatic N) is 2. The molecule has 8 heteroatoms. The number of amides is 2. The highest BCUT2D eigenvalue weighted by Gasteiger charge is 2.32. The van der Waals surface area contributed by atoms with Gasteiger partial charge in [0.15, 0.2) is 5.96 Å². The first kappa shape index (κ1) is 26.2. The molecule has 0 aromatic heterocycles. The van der Waals surface area contributed by atoms with Crippen molar-refractivity contribution >= 4 is 41.8 Å². The molecular formula is C23H42IN5O2. The lowest BCUT2D eigenvalue weighted by Gasteiger charge is -2.21. The number of guanidine groups is 1. The normalized spacial score (nSPS) is 22.8. The van der Waals surface area contributed by atoms with E-state index < -0.39 is 0 Å². The van der Waals surface area contributed by atoms with Gasteiger partial charge in [-0.2, -0.15) is 0 Å². The zero-order valence-electron chi connectivity index (χ0n) is 19.2. The second-order valence-electron chi connectivity index (χ2n) is 9.21. The molecular weight excluding hydrogens is 505 g/mol. The van der Waals surface area contributed by atoms with Gasteiger partial charge in [-0.05, 0) is 44.9 Å². The van der Waals surface area contributed by atoms with Crippen LogP contribution in [0.15, 0.2) is 4.99 Å². The van der Waals surface area contributed by atoms with Crippen LogP contribution in [0.4, 0.5) is 0 Å². The van der Waals surface area contributed by atoms with Gasteiger partial charge in [-0.25, -0.2) is 0 Å². The van der Waals surface area contributed by atoms with Gasteiger partial charge in [0.25, 0.3) is 0 Å². The molecule has 0 aromatic rings. The Kier molecular flexibility index (Phi) is 12.0. The Morgan fingerprint density at radius 3 is 2.39 bits per heavy atom. The molecule has 1 aliphatic heterocycles. The van der Waals surface area contributed by atoms with Crippen LogP contribution in [0.25, 0.3) is 0 Å². The fourth-order valence-electron chi connectivity index (χ4n) is 5.11. The molecule has 31 heavy (non-hydrogen) atoms. The molecule has 0 bridgehead atoms. The van der Waals surface area contributed by atoms with Crippen LogP contribution in [0.3, 0.4) is 0 Å². The van der Waals surface area contributed by atoms with E-state index in [1.807, 2.05) is 11.8 Å². The van der Waals surface area contributed by atoms with Crippen molar-refractivity contribution in [2.45, 2.75) is 83.6 Å². The third-order valence-corrected chi connectivity index (χ3v) is 6.79. The molecule has 1 saturated heterocycles. The van der Waals surface area contributed by atoms with Gasteiger partial charge in [0.1, 0.15) is 0 Å². The average Bonchev–Trinajstić information content (AvgIpc) is 3.44. The van der Waals surface area contributed by atoms with Crippen molar-refractivity contribution in [3.05, 3.63) is 0 Å². The van der Waals surface area contributed by atoms with Crippen LogP contribution in [-0.2, 0) is 9.59 Å². The Labute approximate surface area is 205 Å². The molecule has 3 N–H and O–H groups in total. The zero-order chi connectivity index (χ0) is 21.2. The fraction of sp³-hybridized carbons (Fsp3) is 0.870. The van der Waals surface area contributed by atoms with Crippen LogP contribution in [-0.4, -0.2) is 61.4 Å². The number of likely N-dealkylation sites (tertiary alicyclic amines) is 1. The average molecular weight is 548 g/mol. The van der Waals surface area contributed by atoms with Crippen molar-refractivity contribution in [2.75, 3.05) is 32.7 Å². The molecule has 3 fully saturated rings. The summed E-state index contributed by atoms with van der Waals surface area (Å²) in [6, 6.07) is 0.244. The van der Waals surface area contributed by atoms with Crippen molar-refractivity contribution in [2.24, 2.45) is 16.8 Å². The molecule has 2 amide bonds. The fourth-order valence-corrected chi connectivity index (χ4v) is 5.11. The Balaban J connectivity index is 0.00000341. The van der Waals surface area contributed by atoms with Gasteiger partial charge in [-0.1, -0.05) is 32.1 Å². The van der Waals surface area contributed by atoms with Gasteiger partial charge in [0.2, 0.25) is 11.8 Å². The van der Waals surface area contributed by atoms with E-state index in [4.69, 9.17) is 0 Å². The van der Waals surface area contributed by atoms with Crippen LogP contribution in [0.2, 0.25) is 0 Å². The number of rotatable bonds is 8. The van der Waals surface area contributed by atoms with Gasteiger partial charge < -0.3 is 20.9 Å². The van der Waals surface area contributed by atoms with Gasteiger partial charge in [0, 0.05) is 44.6 Å². The van der Waals surface area contributed by atoms with Gasteiger partial charge in [0.05, 0.1) is 6.54 Å². The Hall–Kier alpha value is -1.06. The maximum Gasteiger partial charge on any atom is 0.225 e. The van der Waals surface area contributed by atoms with Crippen LogP contribution in [0.5, 0.6) is 0 Å². The largest absolute Gasteiger partial charge is 0.357 e. The lowest BCUT2D eigenvalue weighted by molar-refractivity contribution is -0.134. The molecule has 0 radical (unpaired) electrons. The first-order valence-corrected chi connectivity index (χ1v) is 12.3. The van der Waals surface area contributed by atoms with E-state index in [-0.39, 0.29) is 41.8 Å². The molecule has 1 atom stereocenters. The lowest BCUT2D eigenvalue weighted by Crippen LogP contribution is -2.45. The van der Waals surface area contributed by atoms with E-state index in [1.165, 1.54) is 44.9 Å². The minimum Gasteiger partial charge on any atom is -0.357 e. The van der Waals surface area contributed by atoms with Crippen molar-refractivity contribution in [3.8, 4) is 0 Å². The molecule has 2 saturated carbocycles. The third kappa shape index (κ3) is 8.77. The number of hydrogen-bond acceptors (Lipinski definition) is 3. The number of carbonyl (C=O) groups excluding carboxylic acids is 2. The number of halogens is 1. The highest BCUT2D eigenvalue weighted by atomic mass is 127. The van der Waals surface area contributed by atoms with Crippen molar-refractivity contribution in [3.63, 3.8) is 0 Å². The predicted octanol–water partition coefficient (Wildman–Crippen LogP) is 3.04. The highest BCUT2D eigenvalue weighted by Crippen LogP contribution is 2.28. The van der Waals surface area contributed by atoms with Crippen LogP contribution in [0, 0.1) is 11.8 Å². The SMILES string of the molecule is CCNC(=NCCNC(=O)CC1CCCCC1)NC1CCN(C(=O)C2CCCC2)C1.I. The summed E-state index contributed by atoms with van der Waals surface area (Å²) in [6.45, 7) is 5.56. The standard InChI is InChI=1S/C23H41N5O2.HI/c1-2-24-23(26-14-13-25-21(29)16-18-8-4-3-5-9-18)27-20-12-15-28(17-20)22(30)19-10-6-7-11-19;/h18-20H,2-17H2,1H3,(H,25,29)(H2,24,26,27);1H. The summed E-state index contributed by atoms with van der Waals surface area (Å²) in [6.07, 6.45) is 12.4. The van der Waals surface area contributed by atoms with Crippen LogP contribution < -0.4 is 16.0 Å². The number of hydrogen-bond donors (Lipinski definition) is 3. The van der Waals surface area contributed by atoms with E-state index in [2.05, 4.69) is 20.9 Å². The topological polar surface area (TPSA) is 85.8 Å². The van der Waals surface area contributed by atoms with E-state index in [0.717, 1.165) is 44.9 Å². The summed E-state index contributed by atoms with van der Waals surface area (Å²) < 4.78 is 0. The van der Waals surface area contributed by atoms with Crippen molar-refractivity contribution in [1.29, 1.82) is 0 Å². The molecule has 3 aliphatic rings. The van der Waals surface area contributed by atoms with Gasteiger partial charge in [-0.15, -0.1) is 24.0 Å². The van der Waals surface area contributed by atoms with Crippen LogP contribution >= 0.6 is 24.0 Å². The Bertz CT molecular complexity index is 589. The Morgan fingerprint density at radius 2 is 1.68 bits per heavy atom. The lowest BCUT2D eigenvalue weighted by atomic mass is 9.87. The maximum absolute atomic E-state index is 12.6. The first-order chi connectivity index (χ1) is 14.7. The van der Waals surface area contributed by atoms with Gasteiger partial charge >= 0.3 is 0 Å². The summed E-state index contributed by atoms with van der Waals surface area (Å²) in [5.74, 6) is 2.10. The Morgan fingerprint density at radius 1 is 0.968 bits per heavy atom. The molecule has 0 spiro atoms. The number of aliphatic imine (C=N–C) groups is 1. The van der Waals surface area contributed by atoms with Gasteiger partial charge in [-0.3, -0.25) is 14.6 Å². The second-order valence-corrected chi connectivity index (χ2v) is 9.21. The summed E-state index contributed by atoms with van der Waals surface area (Å²) >= 11 is 0. The summed E-state index contributed by atoms with van der Waals surface area (Å²) in [4.78, 5) is 31.4. The number of nitrogens with one attached hydrogen (secondary N) is 3. The molecule has 3 rings (SSSR count). The zero-order valence-corrected chi connectivity index (χ0v) is 21.5. The molecule has 1 heterocycles. The summed E-state index contributed by atoms with van der Waals surface area (Å²) in [7, 11) is 0. The third-order valence-electron chi connectivity index (χ3n) is 6.79. The van der Waals surface area contributed by atoms with E-state index in [9.17, 15) is 9.59 Å². The minimum absolute atomic E-state index is 0. The minimum atomic E-state index is 0. The summed E-state index contributed by atoms with van der Waals surface area (Å²) in [5.41, 5.74) is 0. The van der Waals surface area contributed by atoms with E-state index in [0.29, 0.717) is 31.3 Å². The smallest absolute Gasteiger partial charge is 0.225 e. The molecule has 0 aromatic carbocycles. The highest BCUT2D eigenvalue weighted by molar-refractivity contribution is 14.0. The molecule has 178 valence electrons. The predicted molar refractivity (Wildman–Crippen MR) is 136 cm³/mol. The maximum atomic E-state index is 12.6. The first-order valence-electron chi connectivity index (χ1n) is 12.3. The van der Waals surface area contributed by atoms with Crippen molar-refractivity contribution < 1.29 is 9.59 Å². The van der Waals surface area contributed by atoms with E-state index in [1.54, 1.807) is 0 Å². The van der Waals surface area contributed by atoms with Crippen LogP contribution in [0.1, 0.15) is 77.6 Å². The second kappa shape index (κ2) is 14.2. The molecule has 7 nitrogen and oxygen atoms in total. The molecule has 2 aliphatic carbocycles.